The first-order valence-corrected chi connectivity index (χ1v) is 7.30. The average molecular weight is 272 g/mol. The average Bonchev–Trinajstić information content (AvgIpc) is 3.13. The summed E-state index contributed by atoms with van der Waals surface area (Å²) in [6, 6.07) is 25.4. The van der Waals surface area contributed by atoms with Crippen LogP contribution in [0.15, 0.2) is 77.2 Å². The van der Waals surface area contributed by atoms with Gasteiger partial charge in [-0.1, -0.05) is 60.7 Å². The molecular formula is C20H16O. The van der Waals surface area contributed by atoms with Gasteiger partial charge in [0.1, 0.15) is 11.2 Å². The zero-order chi connectivity index (χ0) is 14.1. The second-order valence-corrected chi connectivity index (χ2v) is 5.45. The quantitative estimate of drug-likeness (QED) is 0.506. The fourth-order valence-corrected chi connectivity index (χ4v) is 2.95. The molecule has 0 aliphatic heterocycles. The second-order valence-electron chi connectivity index (χ2n) is 5.45. The minimum absolute atomic E-state index is 0.937. The van der Waals surface area contributed by atoms with Crippen molar-refractivity contribution in [3.63, 3.8) is 0 Å². The van der Waals surface area contributed by atoms with E-state index < -0.39 is 0 Å². The van der Waals surface area contributed by atoms with Crippen molar-refractivity contribution in [2.24, 2.45) is 0 Å². The van der Waals surface area contributed by atoms with E-state index in [0.717, 1.165) is 24.0 Å². The van der Waals surface area contributed by atoms with Crippen LogP contribution in [0, 0.1) is 0 Å². The van der Waals surface area contributed by atoms with Crippen LogP contribution in [0.4, 0.5) is 0 Å². The zero-order valence-corrected chi connectivity index (χ0v) is 11.8. The predicted octanol–water partition coefficient (Wildman–Crippen LogP) is 5.05. The molecule has 0 aliphatic carbocycles. The highest BCUT2D eigenvalue weighted by Crippen LogP contribution is 2.32. The SMILES string of the molecule is c1ccc(Cc2c(Cc3ccccc3)c3ccc2o3)cc1. The van der Waals surface area contributed by atoms with Gasteiger partial charge in [-0.15, -0.1) is 0 Å². The molecule has 0 atom stereocenters. The lowest BCUT2D eigenvalue weighted by Crippen LogP contribution is -1.95. The third kappa shape index (κ3) is 2.31. The first kappa shape index (κ1) is 12.2. The Morgan fingerprint density at radius 1 is 0.524 bits per heavy atom. The summed E-state index contributed by atoms with van der Waals surface area (Å²) in [5, 5.41) is 0. The fraction of sp³-hybridized carbons (Fsp3) is 0.100. The maximum Gasteiger partial charge on any atom is 0.131 e. The molecule has 21 heavy (non-hydrogen) atoms. The molecule has 1 heteroatoms. The van der Waals surface area contributed by atoms with Crippen molar-refractivity contribution < 1.29 is 4.42 Å². The van der Waals surface area contributed by atoms with Crippen molar-refractivity contribution in [2.45, 2.75) is 12.8 Å². The zero-order valence-electron chi connectivity index (χ0n) is 11.8. The normalized spacial score (nSPS) is 11.2. The molecule has 2 heterocycles. The number of fused-ring (bicyclic) bond motifs is 2. The van der Waals surface area contributed by atoms with Gasteiger partial charge in [0.15, 0.2) is 0 Å². The van der Waals surface area contributed by atoms with Crippen LogP contribution in [0.25, 0.3) is 11.2 Å². The number of rotatable bonds is 4. The van der Waals surface area contributed by atoms with Gasteiger partial charge in [-0.05, 0) is 23.3 Å². The van der Waals surface area contributed by atoms with Gasteiger partial charge >= 0.3 is 0 Å². The topological polar surface area (TPSA) is 13.1 Å². The van der Waals surface area contributed by atoms with Crippen molar-refractivity contribution in [3.8, 4) is 0 Å². The van der Waals surface area contributed by atoms with Crippen LogP contribution in [-0.4, -0.2) is 0 Å². The van der Waals surface area contributed by atoms with E-state index in [2.05, 4.69) is 72.8 Å². The summed E-state index contributed by atoms with van der Waals surface area (Å²) in [6.45, 7) is 0. The fourth-order valence-electron chi connectivity index (χ4n) is 2.95. The smallest absolute Gasteiger partial charge is 0.131 e. The Bertz CT molecular complexity index is 758. The Morgan fingerprint density at radius 3 is 1.38 bits per heavy atom. The lowest BCUT2D eigenvalue weighted by molar-refractivity contribution is 0.671. The van der Waals surface area contributed by atoms with Crippen LogP contribution in [-0.2, 0) is 12.8 Å². The van der Waals surface area contributed by atoms with Crippen LogP contribution >= 0.6 is 0 Å². The summed E-state index contributed by atoms with van der Waals surface area (Å²) >= 11 is 0. The lowest BCUT2D eigenvalue weighted by Gasteiger charge is -2.06. The monoisotopic (exact) mass is 272 g/mol. The van der Waals surface area contributed by atoms with Gasteiger partial charge in [0.25, 0.3) is 0 Å². The highest BCUT2D eigenvalue weighted by molar-refractivity contribution is 5.73. The van der Waals surface area contributed by atoms with E-state index in [9.17, 15) is 0 Å². The highest BCUT2D eigenvalue weighted by atomic mass is 16.3. The lowest BCUT2D eigenvalue weighted by atomic mass is 9.95. The second kappa shape index (κ2) is 5.10. The largest absolute Gasteiger partial charge is 0.457 e. The van der Waals surface area contributed by atoms with Crippen molar-refractivity contribution in [1.29, 1.82) is 0 Å². The molecule has 0 aliphatic rings. The molecule has 1 nitrogen and oxygen atoms in total. The van der Waals surface area contributed by atoms with E-state index >= 15 is 0 Å². The summed E-state index contributed by atoms with van der Waals surface area (Å²) in [5.41, 5.74) is 7.39. The van der Waals surface area contributed by atoms with Crippen LogP contribution in [0.1, 0.15) is 22.3 Å². The molecule has 0 fully saturated rings. The molecular weight excluding hydrogens is 256 g/mol. The number of hydrogen-bond acceptors (Lipinski definition) is 1. The Morgan fingerprint density at radius 2 is 0.952 bits per heavy atom. The molecule has 0 spiro atoms. The van der Waals surface area contributed by atoms with Crippen LogP contribution in [0.5, 0.6) is 0 Å². The van der Waals surface area contributed by atoms with E-state index in [1.54, 1.807) is 0 Å². The van der Waals surface area contributed by atoms with Gasteiger partial charge in [-0.3, -0.25) is 0 Å². The molecule has 102 valence electrons. The van der Waals surface area contributed by atoms with Gasteiger partial charge in [0.05, 0.1) is 0 Å². The van der Waals surface area contributed by atoms with E-state index in [0.29, 0.717) is 0 Å². The Hall–Kier alpha value is -2.54. The molecule has 0 N–H and O–H groups in total. The number of hydrogen-bond donors (Lipinski definition) is 0. The van der Waals surface area contributed by atoms with Gasteiger partial charge < -0.3 is 4.42 Å². The van der Waals surface area contributed by atoms with Gasteiger partial charge in [-0.25, -0.2) is 0 Å². The summed E-state index contributed by atoms with van der Waals surface area (Å²) in [5.74, 6) is 0. The Balaban J connectivity index is 1.71. The Labute approximate surface area is 124 Å². The molecule has 0 saturated heterocycles. The van der Waals surface area contributed by atoms with Gasteiger partial charge in [0, 0.05) is 24.0 Å². The van der Waals surface area contributed by atoms with Gasteiger partial charge in [0.2, 0.25) is 0 Å². The Kier molecular flexibility index (Phi) is 2.97. The van der Waals surface area contributed by atoms with E-state index in [4.69, 9.17) is 4.42 Å². The minimum atomic E-state index is 0.937. The standard InChI is InChI=1S/C20H16O/c1-3-7-15(8-4-1)13-17-18(20-12-11-19(17)21-20)14-16-9-5-2-6-10-16/h1-12H,13-14H2. The maximum absolute atomic E-state index is 5.89. The molecule has 4 aromatic rings. The molecule has 4 rings (SSSR count). The van der Waals surface area contributed by atoms with Crippen molar-refractivity contribution >= 4 is 11.2 Å². The minimum Gasteiger partial charge on any atom is -0.457 e. The third-order valence-corrected chi connectivity index (χ3v) is 4.01. The molecule has 2 aromatic carbocycles. The molecule has 0 saturated carbocycles. The van der Waals surface area contributed by atoms with Crippen molar-refractivity contribution in [3.05, 3.63) is 95.1 Å². The summed E-state index contributed by atoms with van der Waals surface area (Å²) < 4.78 is 5.89. The van der Waals surface area contributed by atoms with Gasteiger partial charge in [-0.2, -0.15) is 0 Å². The van der Waals surface area contributed by atoms with E-state index in [1.807, 2.05) is 0 Å². The number of benzene rings is 3. The van der Waals surface area contributed by atoms with Crippen molar-refractivity contribution in [1.82, 2.24) is 0 Å². The summed E-state index contributed by atoms with van der Waals surface area (Å²) in [7, 11) is 0. The molecule has 2 bridgehead atoms. The molecule has 2 aromatic heterocycles. The van der Waals surface area contributed by atoms with Crippen LogP contribution in [0.3, 0.4) is 0 Å². The summed E-state index contributed by atoms with van der Waals surface area (Å²) in [4.78, 5) is 0. The number of furan rings is 2. The van der Waals surface area contributed by atoms with Crippen LogP contribution < -0.4 is 0 Å². The van der Waals surface area contributed by atoms with Crippen LogP contribution in [0.2, 0.25) is 0 Å². The van der Waals surface area contributed by atoms with Crippen molar-refractivity contribution in [2.75, 3.05) is 0 Å². The first-order valence-electron chi connectivity index (χ1n) is 7.30. The van der Waals surface area contributed by atoms with E-state index in [1.165, 1.54) is 22.3 Å². The molecule has 0 radical (unpaired) electrons. The maximum atomic E-state index is 5.89. The molecule has 0 unspecified atom stereocenters. The first-order chi connectivity index (χ1) is 10.4. The molecule has 0 amide bonds. The third-order valence-electron chi connectivity index (χ3n) is 4.01. The highest BCUT2D eigenvalue weighted by Gasteiger charge is 2.17. The predicted molar refractivity (Wildman–Crippen MR) is 85.9 cm³/mol. The summed E-state index contributed by atoms with van der Waals surface area (Å²) in [6.07, 6.45) is 1.87. The van der Waals surface area contributed by atoms with E-state index in [-0.39, 0.29) is 0 Å².